The van der Waals surface area contributed by atoms with E-state index >= 15 is 0 Å². The van der Waals surface area contributed by atoms with Crippen LogP contribution in [0.15, 0.2) is 36.4 Å². The molecule has 6 nitrogen and oxygen atoms in total. The number of rotatable bonds is 6. The summed E-state index contributed by atoms with van der Waals surface area (Å²) in [7, 11) is 0. The Kier molecular flexibility index (Phi) is 6.77. The number of hydrogen-bond acceptors (Lipinski definition) is 5. The van der Waals surface area contributed by atoms with Gasteiger partial charge in [0, 0.05) is 37.9 Å². The SMILES string of the molecule is CCN(C(=O)c1cc(C(C)C)c(O)cc1O)c1cccc(CN2CCOCC2)c1. The number of nitrogens with zero attached hydrogens (tertiary/aromatic N) is 2. The fraction of sp³-hybridized carbons (Fsp3) is 0.435. The van der Waals surface area contributed by atoms with Crippen LogP contribution in [-0.2, 0) is 11.3 Å². The minimum Gasteiger partial charge on any atom is -0.508 e. The molecule has 0 bridgehead atoms. The highest BCUT2D eigenvalue weighted by atomic mass is 16.5. The van der Waals surface area contributed by atoms with Crippen molar-refractivity contribution in [1.29, 1.82) is 0 Å². The number of anilines is 1. The van der Waals surface area contributed by atoms with Crippen LogP contribution in [0.25, 0.3) is 0 Å². The van der Waals surface area contributed by atoms with Crippen LogP contribution in [-0.4, -0.2) is 53.9 Å². The van der Waals surface area contributed by atoms with Crippen molar-refractivity contribution in [2.45, 2.75) is 33.2 Å². The van der Waals surface area contributed by atoms with Crippen LogP contribution in [0.5, 0.6) is 11.5 Å². The molecule has 2 aromatic carbocycles. The molecule has 0 atom stereocenters. The highest BCUT2D eigenvalue weighted by Crippen LogP contribution is 2.33. The number of hydrogen-bond donors (Lipinski definition) is 2. The summed E-state index contributed by atoms with van der Waals surface area (Å²) in [5.74, 6) is -0.450. The van der Waals surface area contributed by atoms with Gasteiger partial charge in [0.1, 0.15) is 11.5 Å². The van der Waals surface area contributed by atoms with Gasteiger partial charge in [-0.2, -0.15) is 0 Å². The van der Waals surface area contributed by atoms with E-state index in [9.17, 15) is 15.0 Å². The van der Waals surface area contributed by atoms with Crippen molar-refractivity contribution < 1.29 is 19.7 Å². The second kappa shape index (κ2) is 9.29. The summed E-state index contributed by atoms with van der Waals surface area (Å²) in [6.45, 7) is 10.4. The lowest BCUT2D eigenvalue weighted by Gasteiger charge is -2.27. The van der Waals surface area contributed by atoms with Gasteiger partial charge in [-0.05, 0) is 42.2 Å². The minimum absolute atomic E-state index is 0.00427. The van der Waals surface area contributed by atoms with Crippen LogP contribution >= 0.6 is 0 Å². The van der Waals surface area contributed by atoms with Gasteiger partial charge in [-0.3, -0.25) is 9.69 Å². The Balaban J connectivity index is 1.86. The smallest absolute Gasteiger partial charge is 0.262 e. The number of carbonyl (C=O) groups is 1. The van der Waals surface area contributed by atoms with Gasteiger partial charge in [0.05, 0.1) is 18.8 Å². The molecule has 2 N–H and O–H groups in total. The molecule has 1 amide bonds. The van der Waals surface area contributed by atoms with E-state index in [1.54, 1.807) is 11.0 Å². The Hall–Kier alpha value is -2.57. The van der Waals surface area contributed by atoms with E-state index in [1.807, 2.05) is 39.0 Å². The summed E-state index contributed by atoms with van der Waals surface area (Å²) in [4.78, 5) is 17.2. The molecule has 1 aliphatic heterocycles. The Labute approximate surface area is 172 Å². The highest BCUT2D eigenvalue weighted by molar-refractivity contribution is 6.08. The monoisotopic (exact) mass is 398 g/mol. The maximum atomic E-state index is 13.2. The standard InChI is InChI=1S/C23H30N2O4/c1-4-25(23(28)20-13-19(16(2)3)21(26)14-22(20)27)18-7-5-6-17(12-18)15-24-8-10-29-11-9-24/h5-7,12-14,16,26-27H,4,8-11,15H2,1-3H3. The van der Waals surface area contributed by atoms with Gasteiger partial charge in [-0.15, -0.1) is 0 Å². The molecule has 1 saturated heterocycles. The summed E-state index contributed by atoms with van der Waals surface area (Å²) < 4.78 is 5.41. The number of carbonyl (C=O) groups excluding carboxylic acids is 1. The molecule has 1 aliphatic rings. The zero-order valence-electron chi connectivity index (χ0n) is 17.4. The van der Waals surface area contributed by atoms with E-state index in [0.29, 0.717) is 12.1 Å². The predicted octanol–water partition coefficient (Wildman–Crippen LogP) is 3.72. The van der Waals surface area contributed by atoms with Crippen molar-refractivity contribution in [3.05, 3.63) is 53.1 Å². The van der Waals surface area contributed by atoms with Crippen molar-refractivity contribution in [2.24, 2.45) is 0 Å². The number of aromatic hydroxyl groups is 2. The molecule has 0 aromatic heterocycles. The summed E-state index contributed by atoms with van der Waals surface area (Å²) >= 11 is 0. The average molecular weight is 399 g/mol. The first-order chi connectivity index (χ1) is 13.9. The zero-order valence-corrected chi connectivity index (χ0v) is 17.4. The summed E-state index contributed by atoms with van der Waals surface area (Å²) in [5.41, 5.74) is 2.77. The molecule has 0 unspecified atom stereocenters. The van der Waals surface area contributed by atoms with Gasteiger partial charge in [-0.25, -0.2) is 0 Å². The molecule has 3 rings (SSSR count). The number of benzene rings is 2. The first kappa shape index (κ1) is 21.1. The Morgan fingerprint density at radius 3 is 2.52 bits per heavy atom. The van der Waals surface area contributed by atoms with Gasteiger partial charge in [0.2, 0.25) is 0 Å². The van der Waals surface area contributed by atoms with E-state index in [4.69, 9.17) is 4.74 Å². The molecule has 2 aromatic rings. The first-order valence-electron chi connectivity index (χ1n) is 10.2. The molecule has 29 heavy (non-hydrogen) atoms. The molecule has 1 fully saturated rings. The summed E-state index contributed by atoms with van der Waals surface area (Å²) in [6, 6.07) is 10.8. The normalized spacial score (nSPS) is 14.9. The van der Waals surface area contributed by atoms with Gasteiger partial charge in [0.25, 0.3) is 5.91 Å². The summed E-state index contributed by atoms with van der Waals surface area (Å²) in [6.07, 6.45) is 0. The molecule has 0 aliphatic carbocycles. The van der Waals surface area contributed by atoms with Crippen LogP contribution in [0, 0.1) is 0 Å². The van der Waals surface area contributed by atoms with Crippen LogP contribution in [0.3, 0.4) is 0 Å². The molecule has 0 radical (unpaired) electrons. The number of morpholine rings is 1. The lowest BCUT2D eigenvalue weighted by Crippen LogP contribution is -2.35. The third-order valence-corrected chi connectivity index (χ3v) is 5.29. The van der Waals surface area contributed by atoms with Gasteiger partial charge in [0.15, 0.2) is 0 Å². The van der Waals surface area contributed by atoms with Crippen molar-refractivity contribution in [2.75, 3.05) is 37.7 Å². The van der Waals surface area contributed by atoms with Gasteiger partial charge in [-0.1, -0.05) is 26.0 Å². The van der Waals surface area contributed by atoms with Crippen molar-refractivity contribution in [3.8, 4) is 11.5 Å². The fourth-order valence-corrected chi connectivity index (χ4v) is 3.66. The van der Waals surface area contributed by atoms with E-state index in [0.717, 1.165) is 44.1 Å². The molecular formula is C23H30N2O4. The Morgan fingerprint density at radius 2 is 1.86 bits per heavy atom. The number of phenols is 2. The molecule has 0 spiro atoms. The number of phenolic OH excluding ortho intramolecular Hbond substituents is 2. The van der Waals surface area contributed by atoms with E-state index in [1.165, 1.54) is 6.07 Å². The maximum absolute atomic E-state index is 13.2. The predicted molar refractivity (Wildman–Crippen MR) is 114 cm³/mol. The van der Waals surface area contributed by atoms with Crippen LogP contribution in [0.2, 0.25) is 0 Å². The van der Waals surface area contributed by atoms with Crippen LogP contribution in [0.4, 0.5) is 5.69 Å². The molecule has 156 valence electrons. The lowest BCUT2D eigenvalue weighted by atomic mass is 9.98. The van der Waals surface area contributed by atoms with Crippen molar-refractivity contribution >= 4 is 11.6 Å². The van der Waals surface area contributed by atoms with Gasteiger partial charge >= 0.3 is 0 Å². The highest BCUT2D eigenvalue weighted by Gasteiger charge is 2.22. The van der Waals surface area contributed by atoms with Crippen LogP contribution in [0.1, 0.15) is 48.2 Å². The van der Waals surface area contributed by atoms with Crippen LogP contribution < -0.4 is 4.90 Å². The largest absolute Gasteiger partial charge is 0.508 e. The number of amides is 1. The Morgan fingerprint density at radius 1 is 1.14 bits per heavy atom. The second-order valence-electron chi connectivity index (χ2n) is 7.69. The summed E-state index contributed by atoms with van der Waals surface area (Å²) in [5, 5.41) is 20.4. The minimum atomic E-state index is -0.282. The third-order valence-electron chi connectivity index (χ3n) is 5.29. The Bertz CT molecular complexity index is 860. The fourth-order valence-electron chi connectivity index (χ4n) is 3.66. The molecular weight excluding hydrogens is 368 g/mol. The van der Waals surface area contributed by atoms with Gasteiger partial charge < -0.3 is 19.8 Å². The van der Waals surface area contributed by atoms with E-state index in [2.05, 4.69) is 11.0 Å². The topological polar surface area (TPSA) is 73.2 Å². The average Bonchev–Trinajstić information content (AvgIpc) is 2.69. The molecule has 0 saturated carbocycles. The molecule has 6 heteroatoms. The maximum Gasteiger partial charge on any atom is 0.262 e. The van der Waals surface area contributed by atoms with E-state index < -0.39 is 0 Å². The first-order valence-corrected chi connectivity index (χ1v) is 10.2. The van der Waals surface area contributed by atoms with Crippen molar-refractivity contribution in [3.63, 3.8) is 0 Å². The number of ether oxygens (including phenoxy) is 1. The zero-order chi connectivity index (χ0) is 21.0. The van der Waals surface area contributed by atoms with Crippen molar-refractivity contribution in [1.82, 2.24) is 4.90 Å². The third kappa shape index (κ3) is 4.89. The second-order valence-corrected chi connectivity index (χ2v) is 7.69. The lowest BCUT2D eigenvalue weighted by molar-refractivity contribution is 0.0342. The quantitative estimate of drug-likeness (QED) is 0.776. The van der Waals surface area contributed by atoms with E-state index in [-0.39, 0.29) is 28.9 Å². The molecule has 1 heterocycles.